The van der Waals surface area contributed by atoms with Gasteiger partial charge in [0, 0.05) is 23.7 Å². The topological polar surface area (TPSA) is 82.2 Å². The molecule has 0 spiro atoms. The molecule has 0 radical (unpaired) electrons. The molecule has 0 aliphatic carbocycles. The average molecular weight is 266 g/mol. The number of Topliss-reactive ketones (excluding diaryl/α,β-unsaturated/α-hetero) is 1. The van der Waals surface area contributed by atoms with E-state index in [1.807, 2.05) is 13.8 Å². The maximum absolute atomic E-state index is 11.9. The summed E-state index contributed by atoms with van der Waals surface area (Å²) in [6, 6.07) is 1.54. The standard InChI is InChI=1S/C14H22N2O3/c1-4-14(5-2,9-17)8-16-13(19)12-6-11(7-15-12)10(3)18/h6-7,15,17H,4-5,8-9H2,1-3H3,(H,16,19). The van der Waals surface area contributed by atoms with Gasteiger partial charge in [-0.25, -0.2) is 0 Å². The lowest BCUT2D eigenvalue weighted by Crippen LogP contribution is -2.39. The first-order valence-electron chi connectivity index (χ1n) is 6.56. The summed E-state index contributed by atoms with van der Waals surface area (Å²) in [6.07, 6.45) is 3.11. The number of aliphatic hydroxyl groups excluding tert-OH is 1. The van der Waals surface area contributed by atoms with E-state index in [2.05, 4.69) is 10.3 Å². The van der Waals surface area contributed by atoms with Crippen molar-refractivity contribution in [3.05, 3.63) is 23.5 Å². The monoisotopic (exact) mass is 266 g/mol. The van der Waals surface area contributed by atoms with Crippen LogP contribution in [-0.2, 0) is 0 Å². The Morgan fingerprint density at radius 3 is 2.42 bits per heavy atom. The zero-order valence-corrected chi connectivity index (χ0v) is 11.7. The molecule has 5 heteroatoms. The van der Waals surface area contributed by atoms with Crippen molar-refractivity contribution in [1.29, 1.82) is 0 Å². The molecule has 0 saturated carbocycles. The highest BCUT2D eigenvalue weighted by molar-refractivity contribution is 5.99. The highest BCUT2D eigenvalue weighted by Crippen LogP contribution is 2.24. The number of H-pyrrole nitrogens is 1. The van der Waals surface area contributed by atoms with E-state index in [9.17, 15) is 14.7 Å². The summed E-state index contributed by atoms with van der Waals surface area (Å²) in [5.74, 6) is -0.339. The third-order valence-electron chi connectivity index (χ3n) is 3.79. The second-order valence-corrected chi connectivity index (χ2v) is 4.91. The molecule has 1 aromatic rings. The van der Waals surface area contributed by atoms with Crippen LogP contribution < -0.4 is 5.32 Å². The average Bonchev–Trinajstić information content (AvgIpc) is 2.90. The van der Waals surface area contributed by atoms with Crippen LogP contribution in [0.4, 0.5) is 0 Å². The van der Waals surface area contributed by atoms with Gasteiger partial charge in [-0.3, -0.25) is 9.59 Å². The summed E-state index contributed by atoms with van der Waals surface area (Å²) >= 11 is 0. The van der Waals surface area contributed by atoms with Crippen LogP contribution in [-0.4, -0.2) is 34.9 Å². The van der Waals surface area contributed by atoms with Gasteiger partial charge in [0.1, 0.15) is 5.69 Å². The summed E-state index contributed by atoms with van der Waals surface area (Å²) in [5.41, 5.74) is 0.583. The first-order valence-corrected chi connectivity index (χ1v) is 6.56. The molecule has 106 valence electrons. The molecule has 0 fully saturated rings. The van der Waals surface area contributed by atoms with E-state index in [4.69, 9.17) is 0 Å². The number of ketones is 1. The third kappa shape index (κ3) is 3.67. The number of hydrogen-bond donors (Lipinski definition) is 3. The summed E-state index contributed by atoms with van der Waals surface area (Å²) in [5, 5.41) is 12.2. The van der Waals surface area contributed by atoms with Crippen LogP contribution in [0, 0.1) is 5.41 Å². The molecule has 1 aromatic heterocycles. The largest absolute Gasteiger partial charge is 0.396 e. The molecule has 5 nitrogen and oxygen atoms in total. The van der Waals surface area contributed by atoms with Crippen molar-refractivity contribution in [3.8, 4) is 0 Å². The Morgan fingerprint density at radius 2 is 2.00 bits per heavy atom. The molecule has 0 aliphatic heterocycles. The fourth-order valence-electron chi connectivity index (χ4n) is 1.87. The van der Waals surface area contributed by atoms with Gasteiger partial charge in [-0.15, -0.1) is 0 Å². The lowest BCUT2D eigenvalue weighted by Gasteiger charge is -2.29. The van der Waals surface area contributed by atoms with Gasteiger partial charge in [-0.2, -0.15) is 0 Å². The van der Waals surface area contributed by atoms with Gasteiger partial charge in [0.15, 0.2) is 5.78 Å². The lowest BCUT2D eigenvalue weighted by molar-refractivity contribution is 0.0847. The molecule has 1 amide bonds. The van der Waals surface area contributed by atoms with Crippen LogP contribution in [0.1, 0.15) is 54.5 Å². The van der Waals surface area contributed by atoms with E-state index < -0.39 is 0 Å². The van der Waals surface area contributed by atoms with Crippen molar-refractivity contribution in [2.24, 2.45) is 5.41 Å². The molecule has 1 heterocycles. The SMILES string of the molecule is CCC(CC)(CO)CNC(=O)c1cc(C(C)=O)c[nH]1. The highest BCUT2D eigenvalue weighted by atomic mass is 16.3. The maximum Gasteiger partial charge on any atom is 0.267 e. The molecule has 3 N–H and O–H groups in total. The zero-order valence-electron chi connectivity index (χ0n) is 11.7. The van der Waals surface area contributed by atoms with E-state index in [1.54, 1.807) is 0 Å². The van der Waals surface area contributed by atoms with Crippen molar-refractivity contribution >= 4 is 11.7 Å². The summed E-state index contributed by atoms with van der Waals surface area (Å²) < 4.78 is 0. The zero-order chi connectivity index (χ0) is 14.5. The first kappa shape index (κ1) is 15.4. The number of carbonyl (C=O) groups is 2. The van der Waals surface area contributed by atoms with Gasteiger partial charge in [0.2, 0.25) is 0 Å². The molecular weight excluding hydrogens is 244 g/mol. The molecule has 0 bridgehead atoms. The van der Waals surface area contributed by atoms with Gasteiger partial charge < -0.3 is 15.4 Å². The fourth-order valence-corrected chi connectivity index (χ4v) is 1.87. The van der Waals surface area contributed by atoms with Crippen molar-refractivity contribution in [2.45, 2.75) is 33.6 Å². The lowest BCUT2D eigenvalue weighted by atomic mass is 9.83. The Labute approximate surface area is 113 Å². The number of aliphatic hydroxyl groups is 1. The normalized spacial score (nSPS) is 11.4. The maximum atomic E-state index is 11.9. The summed E-state index contributed by atoms with van der Waals surface area (Å²) in [4.78, 5) is 25.9. The molecule has 19 heavy (non-hydrogen) atoms. The predicted molar refractivity (Wildman–Crippen MR) is 73.2 cm³/mol. The van der Waals surface area contributed by atoms with E-state index in [0.717, 1.165) is 12.8 Å². The van der Waals surface area contributed by atoms with Crippen LogP contribution in [0.3, 0.4) is 0 Å². The van der Waals surface area contributed by atoms with Crippen LogP contribution >= 0.6 is 0 Å². The van der Waals surface area contributed by atoms with Crippen LogP contribution in [0.2, 0.25) is 0 Å². The number of rotatable bonds is 7. The van der Waals surface area contributed by atoms with Crippen molar-refractivity contribution < 1.29 is 14.7 Å². The van der Waals surface area contributed by atoms with Gasteiger partial charge in [0.05, 0.1) is 6.61 Å². The molecule has 0 saturated heterocycles. The number of hydrogen-bond acceptors (Lipinski definition) is 3. The number of amides is 1. The number of aromatic amines is 1. The second kappa shape index (κ2) is 6.52. The smallest absolute Gasteiger partial charge is 0.267 e. The Hall–Kier alpha value is -1.62. The first-order chi connectivity index (χ1) is 8.98. The van der Waals surface area contributed by atoms with Crippen LogP contribution in [0.15, 0.2) is 12.3 Å². The van der Waals surface area contributed by atoms with Gasteiger partial charge in [0.25, 0.3) is 5.91 Å². The molecular formula is C14H22N2O3. The number of nitrogens with one attached hydrogen (secondary N) is 2. The van der Waals surface area contributed by atoms with E-state index in [0.29, 0.717) is 17.8 Å². The second-order valence-electron chi connectivity index (χ2n) is 4.91. The fraction of sp³-hybridized carbons (Fsp3) is 0.571. The van der Waals surface area contributed by atoms with E-state index >= 15 is 0 Å². The molecule has 0 aliphatic rings. The Balaban J connectivity index is 2.66. The Morgan fingerprint density at radius 1 is 1.37 bits per heavy atom. The minimum atomic E-state index is -0.272. The number of carbonyl (C=O) groups excluding carboxylic acids is 2. The Kier molecular flexibility index (Phi) is 5.30. The highest BCUT2D eigenvalue weighted by Gasteiger charge is 2.26. The Bertz CT molecular complexity index is 439. The summed E-state index contributed by atoms with van der Waals surface area (Å²) in [7, 11) is 0. The number of aromatic nitrogens is 1. The van der Waals surface area contributed by atoms with Gasteiger partial charge >= 0.3 is 0 Å². The van der Waals surface area contributed by atoms with Gasteiger partial charge in [-0.05, 0) is 25.8 Å². The van der Waals surface area contributed by atoms with Crippen molar-refractivity contribution in [1.82, 2.24) is 10.3 Å². The quantitative estimate of drug-likeness (QED) is 0.657. The van der Waals surface area contributed by atoms with E-state index in [-0.39, 0.29) is 23.7 Å². The minimum absolute atomic E-state index is 0.0453. The van der Waals surface area contributed by atoms with Crippen LogP contribution in [0.25, 0.3) is 0 Å². The third-order valence-corrected chi connectivity index (χ3v) is 3.79. The molecule has 0 aromatic carbocycles. The van der Waals surface area contributed by atoms with Crippen molar-refractivity contribution in [3.63, 3.8) is 0 Å². The predicted octanol–water partition coefficient (Wildman–Crippen LogP) is 1.75. The molecule has 0 unspecified atom stereocenters. The van der Waals surface area contributed by atoms with Gasteiger partial charge in [-0.1, -0.05) is 13.8 Å². The molecule has 1 rings (SSSR count). The van der Waals surface area contributed by atoms with Crippen LogP contribution in [0.5, 0.6) is 0 Å². The van der Waals surface area contributed by atoms with E-state index in [1.165, 1.54) is 19.2 Å². The summed E-state index contributed by atoms with van der Waals surface area (Å²) in [6.45, 7) is 5.91. The van der Waals surface area contributed by atoms with Crippen molar-refractivity contribution in [2.75, 3.05) is 13.2 Å². The molecule has 0 atom stereocenters. The minimum Gasteiger partial charge on any atom is -0.396 e.